The molecule has 1 heterocycles. The maximum Gasteiger partial charge on any atom is 0.243 e. The predicted molar refractivity (Wildman–Crippen MR) is 105 cm³/mol. The summed E-state index contributed by atoms with van der Waals surface area (Å²) in [7, 11) is -2.10. The van der Waals surface area contributed by atoms with Gasteiger partial charge in [-0.25, -0.2) is 8.42 Å². The van der Waals surface area contributed by atoms with Crippen LogP contribution in [0.1, 0.15) is 34.3 Å². The van der Waals surface area contributed by atoms with Crippen molar-refractivity contribution in [2.24, 2.45) is 5.92 Å². The molecule has 1 saturated heterocycles. The van der Waals surface area contributed by atoms with Gasteiger partial charge in [-0.05, 0) is 50.5 Å². The summed E-state index contributed by atoms with van der Waals surface area (Å²) in [6.07, 6.45) is 1.39. The molecular weight excluding hydrogens is 362 g/mol. The van der Waals surface area contributed by atoms with Crippen LogP contribution in [-0.4, -0.2) is 38.7 Å². The van der Waals surface area contributed by atoms with Crippen LogP contribution in [0, 0.1) is 19.8 Å². The molecule has 0 radical (unpaired) electrons. The third-order valence-electron chi connectivity index (χ3n) is 5.09. The number of ether oxygens (including phenoxy) is 1. The minimum Gasteiger partial charge on any atom is -0.497 e. The number of aryl methyl sites for hydroxylation is 2. The highest BCUT2D eigenvalue weighted by Crippen LogP contribution is 2.29. The van der Waals surface area contributed by atoms with Gasteiger partial charge in [0.1, 0.15) is 5.75 Å². The molecule has 6 heteroatoms. The van der Waals surface area contributed by atoms with Gasteiger partial charge in [0.2, 0.25) is 10.0 Å². The molecule has 2 aromatic rings. The zero-order valence-corrected chi connectivity index (χ0v) is 16.8. The van der Waals surface area contributed by atoms with Crippen LogP contribution in [0.3, 0.4) is 0 Å². The summed E-state index contributed by atoms with van der Waals surface area (Å²) >= 11 is 0. The van der Waals surface area contributed by atoms with E-state index in [0.717, 1.165) is 5.56 Å². The van der Waals surface area contributed by atoms with E-state index >= 15 is 0 Å². The van der Waals surface area contributed by atoms with Crippen LogP contribution in [0.5, 0.6) is 5.75 Å². The van der Waals surface area contributed by atoms with Crippen molar-refractivity contribution in [3.8, 4) is 5.75 Å². The van der Waals surface area contributed by atoms with Gasteiger partial charge in [0.25, 0.3) is 0 Å². The van der Waals surface area contributed by atoms with Crippen molar-refractivity contribution in [2.45, 2.75) is 31.6 Å². The topological polar surface area (TPSA) is 63.7 Å². The van der Waals surface area contributed by atoms with Crippen LogP contribution in [-0.2, 0) is 10.0 Å². The van der Waals surface area contributed by atoms with Crippen molar-refractivity contribution >= 4 is 15.8 Å². The summed E-state index contributed by atoms with van der Waals surface area (Å²) in [5.41, 5.74) is 2.38. The average Bonchev–Trinajstić information content (AvgIpc) is 2.67. The predicted octanol–water partition coefficient (Wildman–Crippen LogP) is 3.60. The molecule has 144 valence electrons. The maximum absolute atomic E-state index is 13.1. The van der Waals surface area contributed by atoms with Crippen molar-refractivity contribution in [3.63, 3.8) is 0 Å². The lowest BCUT2D eigenvalue weighted by atomic mass is 9.91. The number of carbonyl (C=O) groups is 1. The molecule has 3 rings (SSSR count). The van der Waals surface area contributed by atoms with Crippen LogP contribution in [0.4, 0.5) is 0 Å². The Balaban J connectivity index is 1.82. The summed E-state index contributed by atoms with van der Waals surface area (Å²) in [5, 5.41) is 0. The molecule has 0 aromatic heterocycles. The highest BCUT2D eigenvalue weighted by molar-refractivity contribution is 7.89. The fraction of sp³-hybridized carbons (Fsp3) is 0.381. The molecule has 0 spiro atoms. The Morgan fingerprint density at radius 1 is 1.11 bits per heavy atom. The molecule has 1 fully saturated rings. The molecule has 2 aromatic carbocycles. The normalized spacial score (nSPS) is 18.3. The van der Waals surface area contributed by atoms with E-state index in [0.29, 0.717) is 36.3 Å². The summed E-state index contributed by atoms with van der Waals surface area (Å²) < 4.78 is 32.9. The van der Waals surface area contributed by atoms with Crippen molar-refractivity contribution in [2.75, 3.05) is 20.2 Å². The van der Waals surface area contributed by atoms with Crippen LogP contribution < -0.4 is 4.74 Å². The van der Waals surface area contributed by atoms with E-state index in [2.05, 4.69) is 0 Å². The molecule has 0 bridgehead atoms. The van der Waals surface area contributed by atoms with E-state index in [9.17, 15) is 13.2 Å². The zero-order valence-electron chi connectivity index (χ0n) is 15.9. The Bertz CT molecular complexity index is 935. The van der Waals surface area contributed by atoms with Crippen molar-refractivity contribution in [1.29, 1.82) is 0 Å². The van der Waals surface area contributed by atoms with E-state index < -0.39 is 10.0 Å². The molecule has 1 unspecified atom stereocenters. The van der Waals surface area contributed by atoms with E-state index in [1.807, 2.05) is 31.2 Å². The molecule has 1 atom stereocenters. The van der Waals surface area contributed by atoms with Crippen LogP contribution in [0.25, 0.3) is 0 Å². The number of carbonyl (C=O) groups excluding carboxylic acids is 1. The number of sulfonamides is 1. The minimum atomic E-state index is -3.65. The number of ketones is 1. The molecule has 27 heavy (non-hydrogen) atoms. The molecule has 0 aliphatic carbocycles. The summed E-state index contributed by atoms with van der Waals surface area (Å²) in [5.74, 6) is 0.327. The van der Waals surface area contributed by atoms with Crippen LogP contribution in [0.2, 0.25) is 0 Å². The fourth-order valence-electron chi connectivity index (χ4n) is 3.51. The smallest absolute Gasteiger partial charge is 0.243 e. The van der Waals surface area contributed by atoms with Gasteiger partial charge < -0.3 is 4.74 Å². The van der Waals surface area contributed by atoms with Crippen molar-refractivity contribution in [3.05, 3.63) is 59.2 Å². The Morgan fingerprint density at radius 3 is 2.44 bits per heavy atom. The number of benzene rings is 2. The number of hydrogen-bond donors (Lipinski definition) is 0. The molecule has 5 nitrogen and oxygen atoms in total. The third-order valence-corrected chi connectivity index (χ3v) is 7.12. The van der Waals surface area contributed by atoms with Crippen molar-refractivity contribution in [1.82, 2.24) is 4.31 Å². The quantitative estimate of drug-likeness (QED) is 0.736. The van der Waals surface area contributed by atoms with Gasteiger partial charge in [-0.2, -0.15) is 4.31 Å². The summed E-state index contributed by atoms with van der Waals surface area (Å²) in [4.78, 5) is 13.1. The first-order chi connectivity index (χ1) is 12.8. The van der Waals surface area contributed by atoms with Gasteiger partial charge in [0.05, 0.1) is 12.0 Å². The minimum absolute atomic E-state index is 0.0151. The largest absolute Gasteiger partial charge is 0.497 e. The zero-order chi connectivity index (χ0) is 19.6. The summed E-state index contributed by atoms with van der Waals surface area (Å²) in [6, 6.07) is 12.4. The number of methoxy groups -OCH3 is 1. The van der Waals surface area contributed by atoms with Crippen molar-refractivity contribution < 1.29 is 17.9 Å². The fourth-order valence-corrected chi connectivity index (χ4v) is 5.24. The molecule has 0 saturated carbocycles. The monoisotopic (exact) mass is 387 g/mol. The highest BCUT2D eigenvalue weighted by atomic mass is 32.2. The molecule has 1 aliphatic rings. The Labute approximate surface area is 161 Å². The van der Waals surface area contributed by atoms with Gasteiger partial charge in [-0.1, -0.05) is 29.8 Å². The van der Waals surface area contributed by atoms with E-state index in [-0.39, 0.29) is 23.1 Å². The van der Waals surface area contributed by atoms with E-state index in [1.165, 1.54) is 4.31 Å². The van der Waals surface area contributed by atoms with E-state index in [1.54, 1.807) is 32.2 Å². The first-order valence-electron chi connectivity index (χ1n) is 9.08. The van der Waals surface area contributed by atoms with Gasteiger partial charge in [0, 0.05) is 24.6 Å². The van der Waals surface area contributed by atoms with Crippen LogP contribution in [0.15, 0.2) is 47.4 Å². The molecule has 0 amide bonds. The second kappa shape index (κ2) is 7.82. The van der Waals surface area contributed by atoms with Gasteiger partial charge in [-0.15, -0.1) is 0 Å². The van der Waals surface area contributed by atoms with Crippen LogP contribution >= 0.6 is 0 Å². The first-order valence-corrected chi connectivity index (χ1v) is 10.5. The molecule has 0 N–H and O–H groups in total. The SMILES string of the molecule is COc1ccc(S(=O)(=O)N2CCCC(C(=O)c3ccc(C)cc3)C2)c(C)c1. The van der Waals surface area contributed by atoms with Gasteiger partial charge in [-0.3, -0.25) is 4.79 Å². The summed E-state index contributed by atoms with van der Waals surface area (Å²) in [6.45, 7) is 4.39. The number of rotatable bonds is 5. The Morgan fingerprint density at radius 2 is 1.81 bits per heavy atom. The lowest BCUT2D eigenvalue weighted by Crippen LogP contribution is -2.42. The molecular formula is C21H25NO4S. The first kappa shape index (κ1) is 19.6. The van der Waals surface area contributed by atoms with Gasteiger partial charge >= 0.3 is 0 Å². The second-order valence-electron chi connectivity index (χ2n) is 7.06. The third kappa shape index (κ3) is 4.06. The Kier molecular flexibility index (Phi) is 5.67. The number of Topliss-reactive ketones (excluding diaryl/α,β-unsaturated/α-hetero) is 1. The lowest BCUT2D eigenvalue weighted by molar-refractivity contribution is 0.0872. The second-order valence-corrected chi connectivity index (χ2v) is 8.97. The Hall–Kier alpha value is -2.18. The maximum atomic E-state index is 13.1. The number of piperidine rings is 1. The average molecular weight is 388 g/mol. The molecule has 1 aliphatic heterocycles. The van der Waals surface area contributed by atoms with E-state index in [4.69, 9.17) is 4.74 Å². The number of nitrogens with zero attached hydrogens (tertiary/aromatic N) is 1. The standard InChI is InChI=1S/C21H25NO4S/c1-15-6-8-17(9-7-15)21(23)18-5-4-12-22(14-18)27(24,25)20-11-10-19(26-3)13-16(20)2/h6-11,13,18H,4-5,12,14H2,1-3H3. The number of hydrogen-bond acceptors (Lipinski definition) is 4. The van der Waals surface area contributed by atoms with Gasteiger partial charge in [0.15, 0.2) is 5.78 Å². The highest BCUT2D eigenvalue weighted by Gasteiger charge is 2.34. The lowest BCUT2D eigenvalue weighted by Gasteiger charge is -2.31.